The zero-order valence-electron chi connectivity index (χ0n) is 11.7. The summed E-state index contributed by atoms with van der Waals surface area (Å²) in [6, 6.07) is 3.66. The van der Waals surface area contributed by atoms with E-state index in [1.165, 1.54) is 0 Å². The maximum Gasteiger partial charge on any atom is 0.306 e. The summed E-state index contributed by atoms with van der Waals surface area (Å²) in [7, 11) is 0. The molecule has 0 aromatic heterocycles. The molecule has 1 aromatic carbocycles. The lowest BCUT2D eigenvalue weighted by molar-refractivity contribution is -0.141. The molecule has 1 rings (SSSR count). The topological polar surface area (TPSA) is 57.5 Å². The lowest BCUT2D eigenvalue weighted by atomic mass is 9.83. The Balaban J connectivity index is 3.12. The molecule has 0 radical (unpaired) electrons. The molecule has 1 aromatic rings. The van der Waals surface area contributed by atoms with Gasteiger partial charge in [-0.05, 0) is 41.5 Å². The van der Waals surface area contributed by atoms with Gasteiger partial charge in [0.1, 0.15) is 5.75 Å². The third kappa shape index (κ3) is 3.25. The number of aromatic hydroxyl groups is 1. The molecule has 0 saturated carbocycles. The Hall–Kier alpha value is -1.51. The Morgan fingerprint density at radius 1 is 1.33 bits per heavy atom. The fourth-order valence-corrected chi connectivity index (χ4v) is 1.98. The number of aliphatic carboxylic acids is 1. The third-order valence-electron chi connectivity index (χ3n) is 3.21. The van der Waals surface area contributed by atoms with Crippen LogP contribution in [0.15, 0.2) is 12.1 Å². The number of rotatable bonds is 3. The van der Waals surface area contributed by atoms with Crippen LogP contribution in [0.25, 0.3) is 0 Å². The van der Waals surface area contributed by atoms with Crippen LogP contribution in [0.4, 0.5) is 0 Å². The van der Waals surface area contributed by atoms with E-state index in [-0.39, 0.29) is 11.2 Å². The van der Waals surface area contributed by atoms with Crippen LogP contribution in [-0.4, -0.2) is 16.2 Å². The van der Waals surface area contributed by atoms with Crippen LogP contribution < -0.4 is 0 Å². The Labute approximate surface area is 108 Å². The number of benzene rings is 1. The van der Waals surface area contributed by atoms with Gasteiger partial charge in [0.2, 0.25) is 0 Å². The fraction of sp³-hybridized carbons (Fsp3) is 0.533. The summed E-state index contributed by atoms with van der Waals surface area (Å²) in [5, 5.41) is 19.0. The van der Waals surface area contributed by atoms with Gasteiger partial charge in [0.05, 0.1) is 5.92 Å². The minimum absolute atomic E-state index is 0.119. The molecular weight excluding hydrogens is 228 g/mol. The molecule has 18 heavy (non-hydrogen) atoms. The number of carboxylic acid groups (broad SMARTS) is 1. The molecule has 0 aliphatic carbocycles. The highest BCUT2D eigenvalue weighted by molar-refractivity contribution is 5.70. The normalized spacial score (nSPS) is 13.4. The van der Waals surface area contributed by atoms with Gasteiger partial charge < -0.3 is 10.2 Å². The van der Waals surface area contributed by atoms with Crippen LogP contribution in [0.3, 0.4) is 0 Å². The summed E-state index contributed by atoms with van der Waals surface area (Å²) in [5.41, 5.74) is 2.71. The molecule has 0 fully saturated rings. The first-order chi connectivity index (χ1) is 8.12. The summed E-state index contributed by atoms with van der Waals surface area (Å²) in [4.78, 5) is 10.9. The van der Waals surface area contributed by atoms with Crippen LogP contribution in [0, 0.1) is 12.8 Å². The Morgan fingerprint density at radius 2 is 1.89 bits per heavy atom. The van der Waals surface area contributed by atoms with E-state index in [1.54, 1.807) is 13.0 Å². The Bertz CT molecular complexity index is 456. The number of carboxylic acids is 1. The molecule has 100 valence electrons. The number of hydrogen-bond donors (Lipinski definition) is 2. The number of aryl methyl sites for hydroxylation is 1. The van der Waals surface area contributed by atoms with Gasteiger partial charge in [0.15, 0.2) is 0 Å². The van der Waals surface area contributed by atoms with Gasteiger partial charge >= 0.3 is 5.97 Å². The minimum atomic E-state index is -0.811. The van der Waals surface area contributed by atoms with Crippen LogP contribution in [-0.2, 0) is 16.6 Å². The van der Waals surface area contributed by atoms with Crippen molar-refractivity contribution in [2.75, 3.05) is 0 Å². The van der Waals surface area contributed by atoms with E-state index in [2.05, 4.69) is 0 Å². The quantitative estimate of drug-likeness (QED) is 0.865. The number of carbonyl (C=O) groups is 1. The SMILES string of the molecule is Cc1cc(C(C)(C)C)c(O)cc1CC(C)C(=O)O. The van der Waals surface area contributed by atoms with E-state index in [4.69, 9.17) is 5.11 Å². The van der Waals surface area contributed by atoms with Crippen LogP contribution in [0.2, 0.25) is 0 Å². The fourth-order valence-electron chi connectivity index (χ4n) is 1.98. The summed E-state index contributed by atoms with van der Waals surface area (Å²) < 4.78 is 0. The first-order valence-electron chi connectivity index (χ1n) is 6.18. The predicted octanol–water partition coefficient (Wildman–Crippen LogP) is 3.26. The number of phenolic OH excluding ortho intramolecular Hbond substituents is 1. The van der Waals surface area contributed by atoms with E-state index < -0.39 is 11.9 Å². The van der Waals surface area contributed by atoms with Crippen molar-refractivity contribution < 1.29 is 15.0 Å². The van der Waals surface area contributed by atoms with Gasteiger partial charge in [-0.1, -0.05) is 33.8 Å². The zero-order valence-corrected chi connectivity index (χ0v) is 11.7. The highest BCUT2D eigenvalue weighted by Gasteiger charge is 2.20. The molecule has 1 atom stereocenters. The van der Waals surface area contributed by atoms with E-state index in [9.17, 15) is 9.90 Å². The highest BCUT2D eigenvalue weighted by atomic mass is 16.4. The number of phenols is 1. The van der Waals surface area contributed by atoms with Crippen LogP contribution in [0.1, 0.15) is 44.4 Å². The van der Waals surface area contributed by atoms with E-state index in [0.29, 0.717) is 6.42 Å². The maximum atomic E-state index is 10.9. The standard InChI is InChI=1S/C15H22O3/c1-9-7-12(15(3,4)5)13(16)8-11(9)6-10(2)14(17)18/h7-8,10,16H,6H2,1-5H3,(H,17,18). The van der Waals surface area contributed by atoms with Gasteiger partial charge in [-0.15, -0.1) is 0 Å². The van der Waals surface area contributed by atoms with Crippen LogP contribution >= 0.6 is 0 Å². The average molecular weight is 250 g/mol. The van der Waals surface area contributed by atoms with Crippen molar-refractivity contribution in [3.8, 4) is 5.75 Å². The molecule has 0 spiro atoms. The summed E-state index contributed by atoms with van der Waals surface area (Å²) in [5.74, 6) is -1.00. The molecule has 3 nitrogen and oxygen atoms in total. The summed E-state index contributed by atoms with van der Waals surface area (Å²) in [6.07, 6.45) is 0.444. The second kappa shape index (κ2) is 5.01. The highest BCUT2D eigenvalue weighted by Crippen LogP contribution is 2.33. The molecule has 0 aliphatic rings. The van der Waals surface area contributed by atoms with E-state index >= 15 is 0 Å². The molecule has 0 saturated heterocycles. The molecular formula is C15H22O3. The van der Waals surface area contributed by atoms with E-state index in [1.807, 2.05) is 33.8 Å². The predicted molar refractivity (Wildman–Crippen MR) is 72.0 cm³/mol. The first kappa shape index (κ1) is 14.6. The molecule has 0 bridgehead atoms. The molecule has 0 heterocycles. The van der Waals surface area contributed by atoms with Crippen molar-refractivity contribution >= 4 is 5.97 Å². The lowest BCUT2D eigenvalue weighted by Crippen LogP contribution is -2.15. The monoisotopic (exact) mass is 250 g/mol. The van der Waals surface area contributed by atoms with Crippen molar-refractivity contribution in [2.24, 2.45) is 5.92 Å². The van der Waals surface area contributed by atoms with Crippen molar-refractivity contribution in [2.45, 2.75) is 46.5 Å². The average Bonchev–Trinajstić information content (AvgIpc) is 2.20. The molecule has 1 unspecified atom stereocenters. The first-order valence-corrected chi connectivity index (χ1v) is 6.18. The maximum absolute atomic E-state index is 10.9. The molecule has 0 amide bonds. The van der Waals surface area contributed by atoms with Crippen molar-refractivity contribution in [1.82, 2.24) is 0 Å². The van der Waals surface area contributed by atoms with Gasteiger partial charge in [0, 0.05) is 0 Å². The minimum Gasteiger partial charge on any atom is -0.508 e. The van der Waals surface area contributed by atoms with Crippen LogP contribution in [0.5, 0.6) is 5.75 Å². The van der Waals surface area contributed by atoms with Gasteiger partial charge in [0.25, 0.3) is 0 Å². The second-order valence-corrected chi connectivity index (χ2v) is 5.99. The van der Waals surface area contributed by atoms with Gasteiger partial charge in [-0.2, -0.15) is 0 Å². The third-order valence-corrected chi connectivity index (χ3v) is 3.21. The Kier molecular flexibility index (Phi) is 4.05. The van der Waals surface area contributed by atoms with E-state index in [0.717, 1.165) is 16.7 Å². The summed E-state index contributed by atoms with van der Waals surface area (Å²) in [6.45, 7) is 9.76. The van der Waals surface area contributed by atoms with Crippen molar-refractivity contribution in [3.05, 3.63) is 28.8 Å². The van der Waals surface area contributed by atoms with Gasteiger partial charge in [-0.25, -0.2) is 0 Å². The number of hydrogen-bond acceptors (Lipinski definition) is 2. The molecule has 2 N–H and O–H groups in total. The molecule has 3 heteroatoms. The smallest absolute Gasteiger partial charge is 0.306 e. The lowest BCUT2D eigenvalue weighted by Gasteiger charge is -2.22. The largest absolute Gasteiger partial charge is 0.508 e. The molecule has 0 aliphatic heterocycles. The summed E-state index contributed by atoms with van der Waals surface area (Å²) >= 11 is 0. The van der Waals surface area contributed by atoms with Gasteiger partial charge in [-0.3, -0.25) is 4.79 Å². The van der Waals surface area contributed by atoms with Crippen molar-refractivity contribution in [3.63, 3.8) is 0 Å². The Morgan fingerprint density at radius 3 is 2.33 bits per heavy atom. The second-order valence-electron chi connectivity index (χ2n) is 5.99. The van der Waals surface area contributed by atoms with Crippen molar-refractivity contribution in [1.29, 1.82) is 0 Å². The zero-order chi connectivity index (χ0) is 14.1.